The molecule has 0 radical (unpaired) electrons. The number of nitrogens with one attached hydrogen (secondary N) is 1. The zero-order valence-corrected chi connectivity index (χ0v) is 9.87. The fraction of sp³-hybridized carbons (Fsp3) is 0.556. The Kier molecular flexibility index (Phi) is 4.28. The Labute approximate surface area is 91.9 Å². The van der Waals surface area contributed by atoms with Gasteiger partial charge < -0.3 is 10.4 Å². The summed E-state index contributed by atoms with van der Waals surface area (Å²) in [5.74, 6) is 0.603. The van der Waals surface area contributed by atoms with Gasteiger partial charge in [-0.25, -0.2) is 9.97 Å². The molecular formula is C9H14BrN3O. The van der Waals surface area contributed by atoms with Crippen LogP contribution < -0.4 is 5.32 Å². The standard InChI is InChI=1S/C9H14BrN3O/c1-6(3-4-14)12-9-11-5-8(10)7(2)13-9/h5-6,14H,3-4H2,1-2H3,(H,11,12,13). The summed E-state index contributed by atoms with van der Waals surface area (Å²) in [6.45, 7) is 4.06. The van der Waals surface area contributed by atoms with Crippen LogP contribution in [0.25, 0.3) is 0 Å². The highest BCUT2D eigenvalue weighted by molar-refractivity contribution is 9.10. The van der Waals surface area contributed by atoms with Crippen molar-refractivity contribution in [1.82, 2.24) is 9.97 Å². The first kappa shape index (κ1) is 11.4. The lowest BCUT2D eigenvalue weighted by Gasteiger charge is -2.12. The number of anilines is 1. The molecule has 1 rings (SSSR count). The topological polar surface area (TPSA) is 58.0 Å². The molecule has 4 nitrogen and oxygen atoms in total. The molecule has 5 heteroatoms. The Hall–Kier alpha value is -0.680. The molecule has 14 heavy (non-hydrogen) atoms. The third-order valence-corrected chi connectivity index (χ3v) is 2.64. The van der Waals surface area contributed by atoms with Crippen LogP contribution in [0.1, 0.15) is 19.0 Å². The normalized spacial score (nSPS) is 12.6. The van der Waals surface area contributed by atoms with Gasteiger partial charge in [-0.15, -0.1) is 0 Å². The van der Waals surface area contributed by atoms with Crippen molar-refractivity contribution in [2.24, 2.45) is 0 Å². The van der Waals surface area contributed by atoms with Crippen molar-refractivity contribution in [2.45, 2.75) is 26.3 Å². The third kappa shape index (κ3) is 3.23. The second-order valence-electron chi connectivity index (χ2n) is 3.18. The second-order valence-corrected chi connectivity index (χ2v) is 4.04. The highest BCUT2D eigenvalue weighted by atomic mass is 79.9. The lowest BCUT2D eigenvalue weighted by Crippen LogP contribution is -2.18. The van der Waals surface area contributed by atoms with Crippen molar-refractivity contribution in [2.75, 3.05) is 11.9 Å². The van der Waals surface area contributed by atoms with Gasteiger partial charge in [0.05, 0.1) is 10.2 Å². The van der Waals surface area contributed by atoms with Crippen LogP contribution in [0, 0.1) is 6.92 Å². The predicted molar refractivity (Wildman–Crippen MR) is 59.3 cm³/mol. The van der Waals surface area contributed by atoms with Gasteiger partial charge in [-0.1, -0.05) is 0 Å². The minimum atomic E-state index is 0.170. The number of aryl methyl sites for hydroxylation is 1. The Bertz CT molecular complexity index is 306. The molecule has 1 atom stereocenters. The lowest BCUT2D eigenvalue weighted by atomic mass is 10.2. The summed E-state index contributed by atoms with van der Waals surface area (Å²) in [7, 11) is 0. The summed E-state index contributed by atoms with van der Waals surface area (Å²) < 4.78 is 0.901. The van der Waals surface area contributed by atoms with Crippen molar-refractivity contribution >= 4 is 21.9 Å². The van der Waals surface area contributed by atoms with E-state index in [1.54, 1.807) is 6.20 Å². The number of aromatic nitrogens is 2. The fourth-order valence-electron chi connectivity index (χ4n) is 1.01. The summed E-state index contributed by atoms with van der Waals surface area (Å²) in [6, 6.07) is 0.181. The maximum absolute atomic E-state index is 8.73. The molecule has 0 bridgehead atoms. The zero-order valence-electron chi connectivity index (χ0n) is 8.29. The number of hydrogen-bond acceptors (Lipinski definition) is 4. The van der Waals surface area contributed by atoms with Gasteiger partial charge in [0.25, 0.3) is 0 Å². The van der Waals surface area contributed by atoms with Crippen molar-refractivity contribution in [3.8, 4) is 0 Å². The van der Waals surface area contributed by atoms with Gasteiger partial charge in [-0.2, -0.15) is 0 Å². The molecule has 1 aromatic rings. The average Bonchev–Trinajstić information content (AvgIpc) is 2.12. The molecule has 1 aromatic heterocycles. The maximum Gasteiger partial charge on any atom is 0.223 e. The molecule has 0 spiro atoms. The molecular weight excluding hydrogens is 246 g/mol. The van der Waals surface area contributed by atoms with Crippen LogP contribution in [0.15, 0.2) is 10.7 Å². The number of rotatable bonds is 4. The maximum atomic E-state index is 8.73. The van der Waals surface area contributed by atoms with E-state index in [9.17, 15) is 0 Å². The first-order valence-electron chi connectivity index (χ1n) is 4.50. The number of nitrogens with zero attached hydrogens (tertiary/aromatic N) is 2. The minimum Gasteiger partial charge on any atom is -0.396 e. The molecule has 2 N–H and O–H groups in total. The monoisotopic (exact) mass is 259 g/mol. The van der Waals surface area contributed by atoms with Crippen LogP contribution in [0.3, 0.4) is 0 Å². The van der Waals surface area contributed by atoms with E-state index in [-0.39, 0.29) is 12.6 Å². The Balaban J connectivity index is 2.63. The van der Waals surface area contributed by atoms with Crippen molar-refractivity contribution in [3.63, 3.8) is 0 Å². The second kappa shape index (κ2) is 5.26. The molecule has 0 aromatic carbocycles. The van der Waals surface area contributed by atoms with Crippen molar-refractivity contribution in [3.05, 3.63) is 16.4 Å². The Morgan fingerprint density at radius 1 is 1.64 bits per heavy atom. The van der Waals surface area contributed by atoms with Crippen LogP contribution >= 0.6 is 15.9 Å². The van der Waals surface area contributed by atoms with Crippen LogP contribution in [-0.2, 0) is 0 Å². The van der Waals surface area contributed by atoms with Gasteiger partial charge in [0, 0.05) is 18.8 Å². The predicted octanol–water partition coefficient (Wildman–Crippen LogP) is 1.73. The molecule has 78 valence electrons. The van der Waals surface area contributed by atoms with Crippen LogP contribution in [0.5, 0.6) is 0 Å². The van der Waals surface area contributed by atoms with Gasteiger partial charge in [0.2, 0.25) is 5.95 Å². The van der Waals surface area contributed by atoms with Gasteiger partial charge in [-0.05, 0) is 36.2 Å². The van der Waals surface area contributed by atoms with Gasteiger partial charge >= 0.3 is 0 Å². The average molecular weight is 260 g/mol. The first-order valence-corrected chi connectivity index (χ1v) is 5.29. The van der Waals surface area contributed by atoms with E-state index >= 15 is 0 Å². The van der Waals surface area contributed by atoms with E-state index in [4.69, 9.17) is 5.11 Å². The number of hydrogen-bond donors (Lipinski definition) is 2. The van der Waals surface area contributed by atoms with E-state index in [0.717, 1.165) is 10.2 Å². The van der Waals surface area contributed by atoms with Crippen LogP contribution in [0.2, 0.25) is 0 Å². The van der Waals surface area contributed by atoms with Crippen molar-refractivity contribution in [1.29, 1.82) is 0 Å². The largest absolute Gasteiger partial charge is 0.396 e. The van der Waals surface area contributed by atoms with Crippen LogP contribution in [0.4, 0.5) is 5.95 Å². The van der Waals surface area contributed by atoms with E-state index < -0.39 is 0 Å². The van der Waals surface area contributed by atoms with Gasteiger partial charge in [0.15, 0.2) is 0 Å². The molecule has 0 aliphatic heterocycles. The summed E-state index contributed by atoms with van der Waals surface area (Å²) >= 11 is 3.33. The lowest BCUT2D eigenvalue weighted by molar-refractivity contribution is 0.282. The first-order chi connectivity index (χ1) is 6.63. The number of halogens is 1. The third-order valence-electron chi connectivity index (χ3n) is 1.86. The fourth-order valence-corrected chi connectivity index (χ4v) is 1.20. The highest BCUT2D eigenvalue weighted by Gasteiger charge is 2.04. The summed E-state index contributed by atoms with van der Waals surface area (Å²) in [4.78, 5) is 8.35. The van der Waals surface area contributed by atoms with Gasteiger partial charge in [-0.3, -0.25) is 0 Å². The molecule has 1 heterocycles. The quantitative estimate of drug-likeness (QED) is 0.865. The molecule has 0 saturated heterocycles. The van der Waals surface area contributed by atoms with E-state index in [0.29, 0.717) is 12.4 Å². The van der Waals surface area contributed by atoms with E-state index in [1.807, 2.05) is 13.8 Å². The zero-order chi connectivity index (χ0) is 10.6. The van der Waals surface area contributed by atoms with Gasteiger partial charge in [0.1, 0.15) is 0 Å². The van der Waals surface area contributed by atoms with E-state index in [1.165, 1.54) is 0 Å². The Morgan fingerprint density at radius 2 is 2.36 bits per heavy atom. The minimum absolute atomic E-state index is 0.170. The molecule has 0 aliphatic carbocycles. The van der Waals surface area contributed by atoms with Crippen molar-refractivity contribution < 1.29 is 5.11 Å². The smallest absolute Gasteiger partial charge is 0.223 e. The number of aliphatic hydroxyl groups excluding tert-OH is 1. The highest BCUT2D eigenvalue weighted by Crippen LogP contribution is 2.13. The van der Waals surface area contributed by atoms with Crippen LogP contribution in [-0.4, -0.2) is 27.7 Å². The molecule has 0 amide bonds. The molecule has 0 fully saturated rings. The molecule has 1 unspecified atom stereocenters. The SMILES string of the molecule is Cc1nc(NC(C)CCO)ncc1Br. The molecule has 0 aliphatic rings. The Morgan fingerprint density at radius 3 is 2.93 bits per heavy atom. The number of aliphatic hydroxyl groups is 1. The molecule has 0 saturated carbocycles. The van der Waals surface area contributed by atoms with E-state index in [2.05, 4.69) is 31.2 Å². The summed E-state index contributed by atoms with van der Waals surface area (Å²) in [5.41, 5.74) is 0.902. The summed E-state index contributed by atoms with van der Waals surface area (Å²) in [6.07, 6.45) is 2.41. The summed E-state index contributed by atoms with van der Waals surface area (Å²) in [5, 5.41) is 11.8.